The Morgan fingerprint density at radius 2 is 1.97 bits per heavy atom. The molecular weight excluding hydrogens is 454 g/mol. The number of rotatable bonds is 9. The fourth-order valence-electron chi connectivity index (χ4n) is 2.60. The van der Waals surface area contributed by atoms with Gasteiger partial charge in [-0.3, -0.25) is 25.0 Å². The normalized spacial score (nSPS) is 10.4. The van der Waals surface area contributed by atoms with Gasteiger partial charge < -0.3 is 10.1 Å². The molecule has 3 rings (SSSR count). The van der Waals surface area contributed by atoms with Crippen molar-refractivity contribution in [1.82, 2.24) is 10.2 Å². The molecule has 10 nitrogen and oxygen atoms in total. The Balaban J connectivity index is 1.56. The average molecular weight is 474 g/mol. The Hall–Kier alpha value is -3.51. The van der Waals surface area contributed by atoms with Crippen LogP contribution >= 0.6 is 23.1 Å². The summed E-state index contributed by atoms with van der Waals surface area (Å²) >= 11 is 2.27. The predicted molar refractivity (Wildman–Crippen MR) is 123 cm³/mol. The molecule has 0 bridgehead atoms. The molecule has 0 spiro atoms. The van der Waals surface area contributed by atoms with Crippen molar-refractivity contribution >= 4 is 51.4 Å². The number of ether oxygens (including phenoxy) is 1. The molecule has 0 atom stereocenters. The van der Waals surface area contributed by atoms with Gasteiger partial charge in [-0.1, -0.05) is 41.3 Å². The second-order valence-corrected chi connectivity index (χ2v) is 8.55. The summed E-state index contributed by atoms with van der Waals surface area (Å²) in [6.45, 7) is 3.94. The van der Waals surface area contributed by atoms with Gasteiger partial charge >= 0.3 is 0 Å². The molecule has 3 aromatic rings. The van der Waals surface area contributed by atoms with E-state index in [1.807, 2.05) is 13.0 Å². The lowest BCUT2D eigenvalue weighted by atomic mass is 10.1. The van der Waals surface area contributed by atoms with Crippen molar-refractivity contribution in [2.24, 2.45) is 0 Å². The number of thioether (sulfide) groups is 1. The van der Waals surface area contributed by atoms with Gasteiger partial charge in [0.1, 0.15) is 5.75 Å². The molecule has 1 heterocycles. The van der Waals surface area contributed by atoms with Gasteiger partial charge in [-0.05, 0) is 32.0 Å². The molecule has 0 aliphatic rings. The van der Waals surface area contributed by atoms with E-state index in [2.05, 4.69) is 20.8 Å². The van der Waals surface area contributed by atoms with Crippen molar-refractivity contribution in [3.05, 3.63) is 63.7 Å². The van der Waals surface area contributed by atoms with E-state index in [1.165, 1.54) is 30.0 Å². The lowest BCUT2D eigenvalue weighted by molar-refractivity contribution is -0.385. The van der Waals surface area contributed by atoms with Gasteiger partial charge in [0.05, 0.1) is 23.0 Å². The van der Waals surface area contributed by atoms with Gasteiger partial charge in [-0.15, -0.1) is 10.2 Å². The topological polar surface area (TPSA) is 136 Å². The minimum atomic E-state index is -0.538. The highest BCUT2D eigenvalue weighted by Gasteiger charge is 2.17. The summed E-state index contributed by atoms with van der Waals surface area (Å²) < 4.78 is 5.97. The van der Waals surface area contributed by atoms with Gasteiger partial charge in [-0.25, -0.2) is 0 Å². The Morgan fingerprint density at radius 3 is 2.72 bits per heavy atom. The van der Waals surface area contributed by atoms with Crippen LogP contribution in [0.3, 0.4) is 0 Å². The highest BCUT2D eigenvalue weighted by Crippen LogP contribution is 2.28. The van der Waals surface area contributed by atoms with Crippen LogP contribution in [0.4, 0.5) is 16.5 Å². The molecule has 2 N–H and O–H groups in total. The van der Waals surface area contributed by atoms with Crippen LogP contribution in [0.2, 0.25) is 0 Å². The van der Waals surface area contributed by atoms with Crippen molar-refractivity contribution in [3.8, 4) is 5.75 Å². The number of aryl methyl sites for hydroxylation is 1. The van der Waals surface area contributed by atoms with Crippen molar-refractivity contribution in [2.75, 3.05) is 23.0 Å². The van der Waals surface area contributed by atoms with E-state index >= 15 is 0 Å². The summed E-state index contributed by atoms with van der Waals surface area (Å²) in [7, 11) is 0. The zero-order valence-electron chi connectivity index (χ0n) is 17.2. The van der Waals surface area contributed by atoms with Crippen molar-refractivity contribution < 1.29 is 19.2 Å². The largest absolute Gasteiger partial charge is 0.492 e. The first kappa shape index (κ1) is 23.2. The lowest BCUT2D eigenvalue weighted by Crippen LogP contribution is -2.14. The van der Waals surface area contributed by atoms with E-state index < -0.39 is 10.8 Å². The van der Waals surface area contributed by atoms with E-state index in [9.17, 15) is 19.7 Å². The number of hydrogen-bond donors (Lipinski definition) is 2. The summed E-state index contributed by atoms with van der Waals surface area (Å²) in [5.41, 5.74) is 1.04. The fraction of sp³-hybridized carbons (Fsp3) is 0.200. The maximum absolute atomic E-state index is 12.4. The van der Waals surface area contributed by atoms with Crippen LogP contribution in [0.1, 0.15) is 22.8 Å². The summed E-state index contributed by atoms with van der Waals surface area (Å²) in [5.74, 6) is -0.0979. The van der Waals surface area contributed by atoms with Crippen LogP contribution in [0, 0.1) is 17.0 Å². The second-order valence-electron chi connectivity index (χ2n) is 6.35. The number of carbonyl (C=O) groups excluding carboxylic acids is 2. The minimum Gasteiger partial charge on any atom is -0.492 e. The lowest BCUT2D eigenvalue weighted by Gasteiger charge is -2.10. The van der Waals surface area contributed by atoms with Gasteiger partial charge in [-0.2, -0.15) is 0 Å². The van der Waals surface area contributed by atoms with Crippen molar-refractivity contribution in [1.29, 1.82) is 0 Å². The molecule has 0 radical (unpaired) electrons. The van der Waals surface area contributed by atoms with Crippen LogP contribution in [0.5, 0.6) is 5.75 Å². The molecule has 2 amide bonds. The summed E-state index contributed by atoms with van der Waals surface area (Å²) in [6.07, 6.45) is 0. The Labute approximate surface area is 191 Å². The molecule has 0 fully saturated rings. The number of hydrogen-bond acceptors (Lipinski definition) is 9. The van der Waals surface area contributed by atoms with E-state index in [1.54, 1.807) is 25.1 Å². The van der Waals surface area contributed by atoms with Crippen LogP contribution < -0.4 is 15.4 Å². The Kier molecular flexibility index (Phi) is 7.73. The molecule has 0 saturated carbocycles. The van der Waals surface area contributed by atoms with Gasteiger partial charge in [0.15, 0.2) is 4.34 Å². The van der Waals surface area contributed by atoms with E-state index in [-0.39, 0.29) is 28.0 Å². The monoisotopic (exact) mass is 473 g/mol. The first-order valence-corrected chi connectivity index (χ1v) is 11.2. The molecule has 2 aromatic carbocycles. The molecule has 166 valence electrons. The van der Waals surface area contributed by atoms with E-state index in [0.717, 1.165) is 11.3 Å². The SMILES string of the molecule is CCOc1ccccc1NC(=O)CSc1nnc(NC(=O)c2ccc(C)c([N+](=O)[O-])c2)s1. The van der Waals surface area contributed by atoms with Crippen molar-refractivity contribution in [2.45, 2.75) is 18.2 Å². The molecular formula is C20H19N5O5S2. The van der Waals surface area contributed by atoms with Crippen LogP contribution in [-0.4, -0.2) is 39.3 Å². The highest BCUT2D eigenvalue weighted by atomic mass is 32.2. The first-order chi connectivity index (χ1) is 15.4. The molecule has 12 heteroatoms. The van der Waals surface area contributed by atoms with E-state index in [4.69, 9.17) is 4.74 Å². The maximum atomic E-state index is 12.4. The van der Waals surface area contributed by atoms with Gasteiger partial charge in [0.2, 0.25) is 11.0 Å². The second kappa shape index (κ2) is 10.7. The summed E-state index contributed by atoms with van der Waals surface area (Å²) in [6, 6.07) is 11.4. The quantitative estimate of drug-likeness (QED) is 0.205. The molecule has 1 aromatic heterocycles. The average Bonchev–Trinajstić information content (AvgIpc) is 3.21. The zero-order chi connectivity index (χ0) is 23.1. The molecule has 0 aliphatic heterocycles. The van der Waals surface area contributed by atoms with Crippen molar-refractivity contribution in [3.63, 3.8) is 0 Å². The maximum Gasteiger partial charge on any atom is 0.273 e. The number of anilines is 2. The van der Waals surface area contributed by atoms with Crippen LogP contribution in [-0.2, 0) is 4.79 Å². The number of nitro benzene ring substituents is 1. The predicted octanol–water partition coefficient (Wildman–Crippen LogP) is 4.14. The molecule has 32 heavy (non-hydrogen) atoms. The highest BCUT2D eigenvalue weighted by molar-refractivity contribution is 8.01. The third-order valence-electron chi connectivity index (χ3n) is 4.08. The summed E-state index contributed by atoms with van der Waals surface area (Å²) in [5, 5.41) is 24.5. The number of para-hydroxylation sites is 2. The molecule has 0 aliphatic carbocycles. The minimum absolute atomic E-state index is 0.0905. The number of aromatic nitrogens is 2. The standard InChI is InChI=1S/C20H19N5O5S2/c1-3-30-16-7-5-4-6-14(16)21-17(26)11-31-20-24-23-19(32-20)22-18(27)13-9-8-12(2)15(10-13)25(28)29/h4-10H,3,11H2,1-2H3,(H,21,26)(H,22,23,27). The van der Waals surface area contributed by atoms with Gasteiger partial charge in [0, 0.05) is 17.2 Å². The van der Waals surface area contributed by atoms with E-state index in [0.29, 0.717) is 27.9 Å². The smallest absolute Gasteiger partial charge is 0.273 e. The Bertz CT molecular complexity index is 1150. The number of nitrogens with one attached hydrogen (secondary N) is 2. The zero-order valence-corrected chi connectivity index (χ0v) is 18.8. The number of nitro groups is 1. The molecule has 0 saturated heterocycles. The first-order valence-electron chi connectivity index (χ1n) is 9.41. The molecule has 0 unspecified atom stereocenters. The van der Waals surface area contributed by atoms with Crippen LogP contribution in [0.15, 0.2) is 46.8 Å². The number of benzene rings is 2. The number of carbonyl (C=O) groups is 2. The Morgan fingerprint density at radius 1 is 1.19 bits per heavy atom. The summed E-state index contributed by atoms with van der Waals surface area (Å²) in [4.78, 5) is 35.2. The van der Waals surface area contributed by atoms with Crippen LogP contribution in [0.25, 0.3) is 0 Å². The van der Waals surface area contributed by atoms with Gasteiger partial charge in [0.25, 0.3) is 11.6 Å². The third-order valence-corrected chi connectivity index (χ3v) is 6.05. The number of nitrogens with zero attached hydrogens (tertiary/aromatic N) is 3. The third kappa shape index (κ3) is 6.02. The fourth-order valence-corrected chi connectivity index (χ4v) is 4.15. The number of amides is 2.